The van der Waals surface area contributed by atoms with Gasteiger partial charge in [0.2, 0.25) is 0 Å². The van der Waals surface area contributed by atoms with E-state index in [1.165, 1.54) is 12.8 Å². The van der Waals surface area contributed by atoms with Crippen LogP contribution in [0.2, 0.25) is 0 Å². The molecule has 2 saturated heterocycles. The molecular weight excluding hydrogens is 178 g/mol. The molecule has 0 aromatic rings. The molecule has 0 aromatic heterocycles. The fourth-order valence-corrected chi connectivity index (χ4v) is 2.97. The van der Waals surface area contributed by atoms with Gasteiger partial charge < -0.3 is 15.2 Å². The smallest absolute Gasteiger partial charge is 0.0678 e. The lowest BCUT2D eigenvalue weighted by molar-refractivity contribution is -0.0198. The van der Waals surface area contributed by atoms with Crippen molar-refractivity contribution in [3.8, 4) is 0 Å². The van der Waals surface area contributed by atoms with Crippen LogP contribution in [0.15, 0.2) is 0 Å². The minimum Gasteiger partial charge on any atom is -0.390 e. The highest BCUT2D eigenvalue weighted by Crippen LogP contribution is 2.36. The monoisotopic (exact) mass is 199 g/mol. The van der Waals surface area contributed by atoms with Gasteiger partial charge in [-0.05, 0) is 38.5 Å². The average molecular weight is 199 g/mol. The number of hydrogen-bond acceptors (Lipinski definition) is 3. The van der Waals surface area contributed by atoms with Crippen LogP contribution in [0, 0.1) is 0 Å². The molecule has 3 nitrogen and oxygen atoms in total. The highest BCUT2D eigenvalue weighted by molar-refractivity contribution is 4.99. The Balaban J connectivity index is 1.83. The normalized spacial score (nSPS) is 41.6. The van der Waals surface area contributed by atoms with Crippen LogP contribution in [0.4, 0.5) is 0 Å². The van der Waals surface area contributed by atoms with Gasteiger partial charge in [-0.1, -0.05) is 0 Å². The molecule has 0 saturated carbocycles. The SMILES string of the molecule is COCCCC1(O)CC2CCC(C1)N2. The molecule has 3 heteroatoms. The highest BCUT2D eigenvalue weighted by Gasteiger charge is 2.41. The zero-order valence-corrected chi connectivity index (χ0v) is 8.96. The topological polar surface area (TPSA) is 41.5 Å². The summed E-state index contributed by atoms with van der Waals surface area (Å²) in [5.41, 5.74) is -0.407. The van der Waals surface area contributed by atoms with E-state index in [4.69, 9.17) is 4.74 Å². The van der Waals surface area contributed by atoms with Gasteiger partial charge in [0.1, 0.15) is 0 Å². The van der Waals surface area contributed by atoms with Crippen molar-refractivity contribution >= 4 is 0 Å². The molecule has 0 radical (unpaired) electrons. The third kappa shape index (κ3) is 2.27. The van der Waals surface area contributed by atoms with E-state index in [9.17, 15) is 5.11 Å². The van der Waals surface area contributed by atoms with Gasteiger partial charge in [0.15, 0.2) is 0 Å². The molecule has 0 aliphatic carbocycles. The number of ether oxygens (including phenoxy) is 1. The van der Waals surface area contributed by atoms with Crippen molar-refractivity contribution in [1.82, 2.24) is 5.32 Å². The molecule has 2 N–H and O–H groups in total. The minimum atomic E-state index is -0.407. The Morgan fingerprint density at radius 2 is 2.00 bits per heavy atom. The molecule has 2 aliphatic heterocycles. The first-order chi connectivity index (χ1) is 6.72. The number of piperidine rings is 1. The van der Waals surface area contributed by atoms with Gasteiger partial charge >= 0.3 is 0 Å². The quantitative estimate of drug-likeness (QED) is 0.665. The Bertz CT molecular complexity index is 184. The van der Waals surface area contributed by atoms with Crippen LogP contribution >= 0.6 is 0 Å². The van der Waals surface area contributed by atoms with Crippen LogP contribution in [0.25, 0.3) is 0 Å². The summed E-state index contributed by atoms with van der Waals surface area (Å²) in [5, 5.41) is 13.9. The maximum atomic E-state index is 10.4. The zero-order valence-electron chi connectivity index (χ0n) is 8.96. The Hall–Kier alpha value is -0.120. The van der Waals surface area contributed by atoms with Crippen molar-refractivity contribution < 1.29 is 9.84 Å². The molecule has 2 aliphatic rings. The summed E-state index contributed by atoms with van der Waals surface area (Å²) in [4.78, 5) is 0. The number of rotatable bonds is 4. The van der Waals surface area contributed by atoms with E-state index in [0.717, 1.165) is 32.3 Å². The summed E-state index contributed by atoms with van der Waals surface area (Å²) in [6.45, 7) is 0.769. The van der Waals surface area contributed by atoms with Crippen LogP contribution in [0.5, 0.6) is 0 Å². The molecule has 2 bridgehead atoms. The molecule has 14 heavy (non-hydrogen) atoms. The fourth-order valence-electron chi connectivity index (χ4n) is 2.97. The van der Waals surface area contributed by atoms with E-state index in [0.29, 0.717) is 12.1 Å². The summed E-state index contributed by atoms with van der Waals surface area (Å²) in [6, 6.07) is 1.14. The van der Waals surface area contributed by atoms with Crippen molar-refractivity contribution in [3.05, 3.63) is 0 Å². The predicted octanol–water partition coefficient (Wildman–Crippen LogP) is 1.06. The number of fused-ring (bicyclic) bond motifs is 2. The summed E-state index contributed by atoms with van der Waals surface area (Å²) < 4.78 is 5.02. The van der Waals surface area contributed by atoms with E-state index in [1.807, 2.05) is 0 Å². The number of nitrogens with one attached hydrogen (secondary N) is 1. The first kappa shape index (κ1) is 10.4. The average Bonchev–Trinajstić information content (AvgIpc) is 2.46. The molecule has 2 rings (SSSR count). The van der Waals surface area contributed by atoms with Gasteiger partial charge in [0, 0.05) is 25.8 Å². The maximum absolute atomic E-state index is 10.4. The van der Waals surface area contributed by atoms with E-state index >= 15 is 0 Å². The molecule has 0 amide bonds. The number of hydrogen-bond donors (Lipinski definition) is 2. The lowest BCUT2D eigenvalue weighted by atomic mass is 9.84. The maximum Gasteiger partial charge on any atom is 0.0678 e. The van der Waals surface area contributed by atoms with Crippen molar-refractivity contribution in [2.24, 2.45) is 0 Å². The predicted molar refractivity (Wildman–Crippen MR) is 55.2 cm³/mol. The summed E-state index contributed by atoms with van der Waals surface area (Å²) in [5.74, 6) is 0. The third-order valence-corrected chi connectivity index (χ3v) is 3.58. The Kier molecular flexibility index (Phi) is 3.10. The second-order valence-corrected chi connectivity index (χ2v) is 4.87. The van der Waals surface area contributed by atoms with Crippen LogP contribution in [-0.4, -0.2) is 36.5 Å². The number of methoxy groups -OCH3 is 1. The van der Waals surface area contributed by atoms with Gasteiger partial charge in [-0.25, -0.2) is 0 Å². The Morgan fingerprint density at radius 1 is 1.36 bits per heavy atom. The molecular formula is C11H21NO2. The van der Waals surface area contributed by atoms with Crippen molar-refractivity contribution in [2.45, 2.75) is 56.2 Å². The molecule has 0 spiro atoms. The molecule has 2 fully saturated rings. The van der Waals surface area contributed by atoms with Gasteiger partial charge in [-0.3, -0.25) is 0 Å². The minimum absolute atomic E-state index is 0.407. The van der Waals surface area contributed by atoms with Crippen molar-refractivity contribution in [2.75, 3.05) is 13.7 Å². The summed E-state index contributed by atoms with van der Waals surface area (Å²) in [6.07, 6.45) is 6.25. The van der Waals surface area contributed by atoms with Crippen LogP contribution < -0.4 is 5.32 Å². The van der Waals surface area contributed by atoms with Gasteiger partial charge in [0.05, 0.1) is 5.60 Å². The standard InChI is InChI=1S/C11H21NO2/c1-14-6-2-5-11(13)7-9-3-4-10(8-11)12-9/h9-10,12-13H,2-8H2,1H3. The van der Waals surface area contributed by atoms with Crippen LogP contribution in [-0.2, 0) is 4.74 Å². The van der Waals surface area contributed by atoms with Crippen molar-refractivity contribution in [3.63, 3.8) is 0 Å². The fraction of sp³-hybridized carbons (Fsp3) is 1.00. The molecule has 2 unspecified atom stereocenters. The van der Waals surface area contributed by atoms with Crippen molar-refractivity contribution in [1.29, 1.82) is 0 Å². The van der Waals surface area contributed by atoms with Gasteiger partial charge in [-0.15, -0.1) is 0 Å². The largest absolute Gasteiger partial charge is 0.390 e. The first-order valence-corrected chi connectivity index (χ1v) is 5.69. The number of aliphatic hydroxyl groups is 1. The van der Waals surface area contributed by atoms with Gasteiger partial charge in [-0.2, -0.15) is 0 Å². The van der Waals surface area contributed by atoms with E-state index in [-0.39, 0.29) is 0 Å². The second-order valence-electron chi connectivity index (χ2n) is 4.87. The molecule has 0 aromatic carbocycles. The third-order valence-electron chi connectivity index (χ3n) is 3.58. The van der Waals surface area contributed by atoms with E-state index in [2.05, 4.69) is 5.32 Å². The Labute approximate surface area is 85.8 Å². The van der Waals surface area contributed by atoms with E-state index < -0.39 is 5.60 Å². The highest BCUT2D eigenvalue weighted by atomic mass is 16.5. The lowest BCUT2D eigenvalue weighted by Crippen LogP contribution is -2.48. The molecule has 82 valence electrons. The summed E-state index contributed by atoms with van der Waals surface area (Å²) >= 11 is 0. The van der Waals surface area contributed by atoms with Gasteiger partial charge in [0.25, 0.3) is 0 Å². The summed E-state index contributed by atoms with van der Waals surface area (Å²) in [7, 11) is 1.72. The van der Waals surface area contributed by atoms with E-state index in [1.54, 1.807) is 7.11 Å². The molecule has 2 heterocycles. The molecule has 2 atom stereocenters. The Morgan fingerprint density at radius 3 is 2.57 bits per heavy atom. The van der Waals surface area contributed by atoms with Crippen LogP contribution in [0.3, 0.4) is 0 Å². The zero-order chi connectivity index (χ0) is 10.0. The van der Waals surface area contributed by atoms with Crippen LogP contribution in [0.1, 0.15) is 38.5 Å². The second kappa shape index (κ2) is 4.17. The first-order valence-electron chi connectivity index (χ1n) is 5.69. The lowest BCUT2D eigenvalue weighted by Gasteiger charge is -2.37.